The van der Waals surface area contributed by atoms with Crippen LogP contribution in [-0.2, 0) is 6.42 Å². The van der Waals surface area contributed by atoms with Crippen molar-refractivity contribution in [2.45, 2.75) is 25.7 Å². The molecule has 2 aromatic heterocycles. The Morgan fingerprint density at radius 1 is 0.551 bits per heavy atom. The molecule has 2 aliphatic rings. The van der Waals surface area contributed by atoms with Gasteiger partial charge in [-0.1, -0.05) is 115 Å². The summed E-state index contributed by atoms with van der Waals surface area (Å²) in [5.74, 6) is 1.95. The number of benzene rings is 6. The average molecular weight is 630 g/mol. The summed E-state index contributed by atoms with van der Waals surface area (Å²) < 4.78 is 6.42. The summed E-state index contributed by atoms with van der Waals surface area (Å²) in [5, 5.41) is 6.86. The molecule has 0 saturated heterocycles. The van der Waals surface area contributed by atoms with Crippen molar-refractivity contribution in [2.75, 3.05) is 0 Å². The fraction of sp³-hybridized carbons (Fsp3) is 0.0889. The van der Waals surface area contributed by atoms with Crippen molar-refractivity contribution in [2.24, 2.45) is 0 Å². The summed E-state index contributed by atoms with van der Waals surface area (Å²) in [6, 6.07) is 38.5. The Labute approximate surface area is 283 Å². The van der Waals surface area contributed by atoms with Gasteiger partial charge in [-0.15, -0.1) is 0 Å². The van der Waals surface area contributed by atoms with Gasteiger partial charge in [-0.05, 0) is 93.8 Å². The number of aryl methyl sites for hydroxylation is 1. The lowest BCUT2D eigenvalue weighted by molar-refractivity contribution is 0.669. The van der Waals surface area contributed by atoms with Crippen LogP contribution in [0.1, 0.15) is 36.0 Å². The lowest BCUT2D eigenvalue weighted by Gasteiger charge is -2.17. The summed E-state index contributed by atoms with van der Waals surface area (Å²) in [4.78, 5) is 15.9. The molecule has 0 radical (unpaired) electrons. The number of furan rings is 1. The first-order valence-electron chi connectivity index (χ1n) is 17.1. The molecule has 0 amide bonds. The smallest absolute Gasteiger partial charge is 0.165 e. The van der Waals surface area contributed by atoms with E-state index in [0.29, 0.717) is 17.5 Å². The largest absolute Gasteiger partial charge is 0.456 e. The summed E-state index contributed by atoms with van der Waals surface area (Å²) >= 11 is 0. The van der Waals surface area contributed by atoms with Crippen LogP contribution in [0.25, 0.3) is 89.3 Å². The molecule has 0 saturated carbocycles. The average Bonchev–Trinajstić information content (AvgIpc) is 3.56. The van der Waals surface area contributed by atoms with Crippen LogP contribution >= 0.6 is 0 Å². The van der Waals surface area contributed by atoms with Crippen LogP contribution in [0.15, 0.2) is 138 Å². The van der Waals surface area contributed by atoms with E-state index in [1.54, 1.807) is 0 Å². The number of fused-ring (bicyclic) bond motifs is 7. The Morgan fingerprint density at radius 2 is 1.31 bits per heavy atom. The third-order valence-corrected chi connectivity index (χ3v) is 10.0. The number of allylic oxidation sites excluding steroid dienone is 5. The minimum absolute atomic E-state index is 0.644. The fourth-order valence-electron chi connectivity index (χ4n) is 7.60. The molecule has 0 spiro atoms. The van der Waals surface area contributed by atoms with E-state index < -0.39 is 0 Å². The zero-order valence-corrected chi connectivity index (χ0v) is 26.9. The van der Waals surface area contributed by atoms with E-state index in [-0.39, 0.29) is 0 Å². The summed E-state index contributed by atoms with van der Waals surface area (Å²) in [7, 11) is 0. The SMILES string of the molecule is C1=CCCC(c2ccc3oc4ccccc4c3c2-c2nc(-c3ccc4ccccc4c3)nc(-c3ccc4ccc5c(c4c3)C=CCC5)n2)=C1. The number of rotatable bonds is 4. The molecular weight excluding hydrogens is 599 g/mol. The van der Waals surface area contributed by atoms with E-state index in [0.717, 1.165) is 75.3 Å². The van der Waals surface area contributed by atoms with Crippen molar-refractivity contribution in [3.63, 3.8) is 0 Å². The van der Waals surface area contributed by atoms with Gasteiger partial charge in [0.25, 0.3) is 0 Å². The third-order valence-electron chi connectivity index (χ3n) is 10.0. The molecule has 232 valence electrons. The summed E-state index contributed by atoms with van der Waals surface area (Å²) in [6.07, 6.45) is 15.2. The molecule has 4 heteroatoms. The fourth-order valence-corrected chi connectivity index (χ4v) is 7.60. The van der Waals surface area contributed by atoms with Crippen molar-refractivity contribution in [1.82, 2.24) is 15.0 Å². The van der Waals surface area contributed by atoms with Crippen LogP contribution < -0.4 is 0 Å². The molecule has 0 bridgehead atoms. The van der Waals surface area contributed by atoms with Gasteiger partial charge in [0.1, 0.15) is 11.2 Å². The Morgan fingerprint density at radius 3 is 2.18 bits per heavy atom. The van der Waals surface area contributed by atoms with Crippen molar-refractivity contribution in [1.29, 1.82) is 0 Å². The van der Waals surface area contributed by atoms with Crippen molar-refractivity contribution in [3.8, 4) is 34.2 Å². The van der Waals surface area contributed by atoms with Gasteiger partial charge < -0.3 is 4.42 Å². The van der Waals surface area contributed by atoms with E-state index in [9.17, 15) is 0 Å². The molecular formula is C45H31N3O. The number of nitrogens with zero attached hydrogens (tertiary/aromatic N) is 3. The Balaban J connectivity index is 1.28. The van der Waals surface area contributed by atoms with Crippen molar-refractivity contribution >= 4 is 55.1 Å². The maximum Gasteiger partial charge on any atom is 0.165 e. The molecule has 10 rings (SSSR count). The lowest BCUT2D eigenvalue weighted by atomic mass is 9.90. The highest BCUT2D eigenvalue weighted by atomic mass is 16.3. The highest BCUT2D eigenvalue weighted by Gasteiger charge is 2.23. The molecule has 0 atom stereocenters. The molecule has 49 heavy (non-hydrogen) atoms. The van der Waals surface area contributed by atoms with Crippen molar-refractivity contribution < 1.29 is 4.42 Å². The second-order valence-corrected chi connectivity index (χ2v) is 13.0. The monoisotopic (exact) mass is 629 g/mol. The van der Waals surface area contributed by atoms with E-state index in [1.807, 2.05) is 12.1 Å². The molecule has 0 aliphatic heterocycles. The van der Waals surface area contributed by atoms with E-state index in [2.05, 4.69) is 127 Å². The molecule has 2 aliphatic carbocycles. The van der Waals surface area contributed by atoms with Crippen LogP contribution in [0.4, 0.5) is 0 Å². The molecule has 4 nitrogen and oxygen atoms in total. The molecule has 6 aromatic carbocycles. The molecule has 8 aromatic rings. The van der Waals surface area contributed by atoms with Crippen molar-refractivity contribution in [3.05, 3.63) is 150 Å². The van der Waals surface area contributed by atoms with Gasteiger partial charge in [-0.3, -0.25) is 0 Å². The topological polar surface area (TPSA) is 51.8 Å². The predicted octanol–water partition coefficient (Wildman–Crippen LogP) is 11.8. The predicted molar refractivity (Wildman–Crippen MR) is 202 cm³/mol. The van der Waals surface area contributed by atoms with E-state index in [4.69, 9.17) is 19.4 Å². The minimum atomic E-state index is 0.644. The molecule has 0 N–H and O–H groups in total. The Bertz CT molecular complexity index is 2730. The number of para-hydroxylation sites is 1. The zero-order valence-electron chi connectivity index (χ0n) is 26.9. The van der Waals surface area contributed by atoms with Crippen LogP contribution in [0.3, 0.4) is 0 Å². The van der Waals surface area contributed by atoms with Gasteiger partial charge in [0, 0.05) is 27.5 Å². The number of hydrogen-bond acceptors (Lipinski definition) is 4. The van der Waals surface area contributed by atoms with Gasteiger partial charge in [-0.2, -0.15) is 0 Å². The number of hydrogen-bond donors (Lipinski definition) is 0. The number of aromatic nitrogens is 3. The second kappa shape index (κ2) is 11.2. The van der Waals surface area contributed by atoms with Crippen LogP contribution in [-0.4, -0.2) is 15.0 Å². The minimum Gasteiger partial charge on any atom is -0.456 e. The Kier molecular flexibility index (Phi) is 6.41. The van der Waals surface area contributed by atoms with Crippen LogP contribution in [0.2, 0.25) is 0 Å². The first-order valence-corrected chi connectivity index (χ1v) is 17.1. The maximum absolute atomic E-state index is 6.42. The molecule has 2 heterocycles. The maximum atomic E-state index is 6.42. The van der Waals surface area contributed by atoms with Gasteiger partial charge in [0.05, 0.1) is 0 Å². The van der Waals surface area contributed by atoms with E-state index >= 15 is 0 Å². The zero-order chi connectivity index (χ0) is 32.3. The standard InChI is InChI=1S/C45H31N3O/c1-2-11-29(12-3-1)36-24-25-40-41(37-16-8-9-17-39(37)49-40)42(36)45-47-43(33-22-18-28-10-4-5-14-32(28)26-33)46-44(48-45)34-23-21-31-20-19-30-13-6-7-15-35(30)38(31)27-34/h1-2,4-5,7-11,14-27H,3,6,12-13H2. The van der Waals surface area contributed by atoms with Crippen LogP contribution in [0.5, 0.6) is 0 Å². The van der Waals surface area contributed by atoms with Gasteiger partial charge in [0.15, 0.2) is 17.5 Å². The van der Waals surface area contributed by atoms with Gasteiger partial charge in [-0.25, -0.2) is 15.0 Å². The lowest BCUT2D eigenvalue weighted by Crippen LogP contribution is -2.03. The third kappa shape index (κ3) is 4.71. The van der Waals surface area contributed by atoms with Gasteiger partial charge in [0.2, 0.25) is 0 Å². The highest BCUT2D eigenvalue weighted by molar-refractivity contribution is 6.14. The normalized spacial score (nSPS) is 14.2. The van der Waals surface area contributed by atoms with E-state index in [1.165, 1.54) is 32.9 Å². The first-order chi connectivity index (χ1) is 24.3. The quantitative estimate of drug-likeness (QED) is 0.194. The second-order valence-electron chi connectivity index (χ2n) is 13.0. The summed E-state index contributed by atoms with van der Waals surface area (Å²) in [5.41, 5.74) is 9.66. The highest BCUT2D eigenvalue weighted by Crippen LogP contribution is 2.42. The molecule has 0 unspecified atom stereocenters. The molecule has 0 fully saturated rings. The van der Waals surface area contributed by atoms with Gasteiger partial charge >= 0.3 is 0 Å². The first kappa shape index (κ1) is 27.9. The van der Waals surface area contributed by atoms with Crippen LogP contribution in [0, 0.1) is 0 Å². The Hall–Kier alpha value is -6.13. The summed E-state index contributed by atoms with van der Waals surface area (Å²) in [6.45, 7) is 0.